The molecule has 1 aliphatic carbocycles. The van der Waals surface area contributed by atoms with Crippen LogP contribution in [0, 0.1) is 11.8 Å². The summed E-state index contributed by atoms with van der Waals surface area (Å²) in [5.41, 5.74) is 8.48. The number of likely N-dealkylation sites (tertiary alicyclic amines) is 1. The van der Waals surface area contributed by atoms with Gasteiger partial charge in [-0.3, -0.25) is 14.5 Å². The average molecular weight is 658 g/mol. The van der Waals surface area contributed by atoms with Crippen LogP contribution in [0.15, 0.2) is 59.7 Å². The molecule has 0 spiro atoms. The first-order valence-corrected chi connectivity index (χ1v) is 16.2. The van der Waals surface area contributed by atoms with E-state index in [4.69, 9.17) is 5.73 Å². The third kappa shape index (κ3) is 7.16. The van der Waals surface area contributed by atoms with Crippen LogP contribution in [0.2, 0.25) is 0 Å². The fourth-order valence-corrected chi connectivity index (χ4v) is 7.09. The van der Waals surface area contributed by atoms with Crippen molar-refractivity contribution in [3.05, 3.63) is 87.5 Å². The molecule has 2 heterocycles. The summed E-state index contributed by atoms with van der Waals surface area (Å²) < 4.78 is 43.5. The topological polar surface area (TPSA) is 105 Å². The summed E-state index contributed by atoms with van der Waals surface area (Å²) in [4.78, 5) is 31.8. The number of alkyl halides is 3. The number of hydrogen-bond acceptors (Lipinski definition) is 6. The van der Waals surface area contributed by atoms with Crippen LogP contribution in [-0.4, -0.2) is 48.3 Å². The normalized spacial score (nSPS) is 20.2. The molecule has 250 valence electrons. The summed E-state index contributed by atoms with van der Waals surface area (Å²) in [6.45, 7) is 9.14. The van der Waals surface area contributed by atoms with E-state index in [2.05, 4.69) is 19.2 Å². The number of halogens is 3. The van der Waals surface area contributed by atoms with Crippen molar-refractivity contribution in [3.8, 4) is 0 Å². The van der Waals surface area contributed by atoms with E-state index in [9.17, 15) is 22.8 Å². The lowest BCUT2D eigenvalue weighted by molar-refractivity contribution is -0.138. The molecule has 2 aliphatic heterocycles. The third-order valence-electron chi connectivity index (χ3n) is 10.1. The second kappa shape index (κ2) is 14.2. The van der Waals surface area contributed by atoms with E-state index in [1.165, 1.54) is 17.0 Å². The van der Waals surface area contributed by atoms with Crippen molar-refractivity contribution in [3.63, 3.8) is 0 Å². The van der Waals surface area contributed by atoms with E-state index in [0.717, 1.165) is 42.6 Å². The summed E-state index contributed by atoms with van der Waals surface area (Å²) in [5, 5.41) is 0. The van der Waals surface area contributed by atoms with Crippen molar-refractivity contribution in [1.82, 2.24) is 16.0 Å². The maximum Gasteiger partial charge on any atom is 0.416 e. The van der Waals surface area contributed by atoms with Crippen molar-refractivity contribution in [2.75, 3.05) is 31.6 Å². The van der Waals surface area contributed by atoms with Gasteiger partial charge in [0.1, 0.15) is 0 Å². The number of fused-ring (bicyclic) bond motifs is 1. The van der Waals surface area contributed by atoms with E-state index in [0.29, 0.717) is 48.4 Å². The number of anilines is 1. The monoisotopic (exact) mass is 657 g/mol. The summed E-state index contributed by atoms with van der Waals surface area (Å²) in [6, 6.07) is 9.99. The second-order valence-electron chi connectivity index (χ2n) is 12.9. The summed E-state index contributed by atoms with van der Waals surface area (Å²) in [5.74, 6) is 0.131. The molecule has 0 bridgehead atoms. The highest BCUT2D eigenvalue weighted by Crippen LogP contribution is 2.45. The number of carbonyl (C=O) groups is 2. The first kappa shape index (κ1) is 35.6. The molecule has 3 atom stereocenters. The van der Waals surface area contributed by atoms with E-state index in [1.54, 1.807) is 17.0 Å². The standard InChI is InChI=1S/C35H43F3N4O2S.H3N/c1-5-31(43)41-15-13-23(19-41)12-14-40(4)21(2)26-17-28-29(30(18-26)35(36,37)38)20-42(34(28)44)27-11-7-10-25(16-27)32(24-8-6-9-24)33(39)22(3)45;/h5,7,10-11,16-18,21,23-24,32,45H,1,6,8-9,12-15,19-20,39H2,2-4H3;1H3/b33-22-;/t21-,23+,32-;/m1./s1. The number of nitrogens with zero attached hydrogens (tertiary/aromatic N) is 3. The molecule has 46 heavy (non-hydrogen) atoms. The van der Waals surface area contributed by atoms with Crippen LogP contribution >= 0.6 is 12.6 Å². The fourth-order valence-electron chi connectivity index (χ4n) is 6.96. The fraction of sp³-hybridized carbons (Fsp3) is 0.486. The maximum absolute atomic E-state index is 14.5. The van der Waals surface area contributed by atoms with Crippen molar-refractivity contribution < 1.29 is 22.8 Å². The first-order chi connectivity index (χ1) is 21.3. The highest BCUT2D eigenvalue weighted by Gasteiger charge is 2.41. The van der Waals surface area contributed by atoms with Crippen LogP contribution < -0.4 is 16.8 Å². The predicted molar refractivity (Wildman–Crippen MR) is 180 cm³/mol. The Labute approximate surface area is 275 Å². The quantitative estimate of drug-likeness (QED) is 0.182. The van der Waals surface area contributed by atoms with Crippen molar-refractivity contribution in [2.45, 2.75) is 70.6 Å². The smallest absolute Gasteiger partial charge is 0.401 e. The zero-order valence-corrected chi connectivity index (χ0v) is 27.8. The number of nitrogens with two attached hydrogens (primary N) is 1. The van der Waals surface area contributed by atoms with E-state index >= 15 is 0 Å². The van der Waals surface area contributed by atoms with Gasteiger partial charge in [-0.05, 0) is 117 Å². The molecule has 2 amide bonds. The Morgan fingerprint density at radius 2 is 1.91 bits per heavy atom. The minimum Gasteiger partial charge on any atom is -0.401 e. The van der Waals surface area contributed by atoms with Crippen LogP contribution in [0.3, 0.4) is 0 Å². The third-order valence-corrected chi connectivity index (χ3v) is 10.3. The average Bonchev–Trinajstić information content (AvgIpc) is 3.60. The molecule has 1 saturated carbocycles. The lowest BCUT2D eigenvalue weighted by atomic mass is 9.71. The van der Waals surface area contributed by atoms with Crippen LogP contribution in [0.1, 0.15) is 90.5 Å². The lowest BCUT2D eigenvalue weighted by Gasteiger charge is -2.35. The SMILES string of the molecule is C=CC(=O)N1CC[C@H](CCN(C)[C@H](C)c2cc3c(c(C(F)(F)F)c2)CN(c2cccc([C@H](/C(N)=C(\C)S)C4CCC4)c2)C3=O)C1.N. The summed E-state index contributed by atoms with van der Waals surface area (Å²) in [6.07, 6.45) is 1.64. The maximum atomic E-state index is 14.5. The number of rotatable bonds is 10. The van der Waals surface area contributed by atoms with Gasteiger partial charge in [0.15, 0.2) is 0 Å². The molecule has 0 unspecified atom stereocenters. The number of thiol groups is 1. The lowest BCUT2D eigenvalue weighted by Crippen LogP contribution is -2.28. The number of carbonyl (C=O) groups excluding carboxylic acids is 2. The predicted octanol–water partition coefficient (Wildman–Crippen LogP) is 7.45. The summed E-state index contributed by atoms with van der Waals surface area (Å²) in [7, 11) is 1.89. The number of benzene rings is 2. The van der Waals surface area contributed by atoms with Crippen molar-refractivity contribution in [2.24, 2.45) is 17.6 Å². The minimum atomic E-state index is -4.61. The Bertz CT molecular complexity index is 1500. The number of hydrogen-bond donors (Lipinski definition) is 3. The van der Waals surface area contributed by atoms with E-state index in [-0.39, 0.29) is 41.7 Å². The van der Waals surface area contributed by atoms with Crippen LogP contribution in [0.25, 0.3) is 0 Å². The first-order valence-electron chi connectivity index (χ1n) is 15.7. The molecule has 3 aliphatic rings. The molecule has 5 N–H and O–H groups in total. The molecule has 0 aromatic heterocycles. The molecular formula is C35H46F3N5O2S. The molecule has 11 heteroatoms. The Kier molecular flexibility index (Phi) is 11.0. The van der Waals surface area contributed by atoms with Crippen LogP contribution in [0.4, 0.5) is 18.9 Å². The molecule has 2 aromatic carbocycles. The Balaban J connectivity index is 0.00000480. The van der Waals surface area contributed by atoms with Gasteiger partial charge < -0.3 is 21.7 Å². The van der Waals surface area contributed by atoms with Gasteiger partial charge in [-0.25, -0.2) is 0 Å². The molecular weight excluding hydrogens is 611 g/mol. The van der Waals surface area contributed by atoms with Gasteiger partial charge in [0.25, 0.3) is 5.91 Å². The van der Waals surface area contributed by atoms with Crippen LogP contribution in [-0.2, 0) is 17.5 Å². The molecule has 1 saturated heterocycles. The minimum absolute atomic E-state index is 0. The largest absolute Gasteiger partial charge is 0.416 e. The van der Waals surface area contributed by atoms with Crippen LogP contribution in [0.5, 0.6) is 0 Å². The van der Waals surface area contributed by atoms with Crippen molar-refractivity contribution in [1.29, 1.82) is 0 Å². The highest BCUT2D eigenvalue weighted by atomic mass is 32.1. The molecule has 2 aromatic rings. The van der Waals surface area contributed by atoms with Gasteiger partial charge in [0.05, 0.1) is 12.1 Å². The van der Waals surface area contributed by atoms with E-state index < -0.39 is 17.6 Å². The highest BCUT2D eigenvalue weighted by molar-refractivity contribution is 7.84. The van der Waals surface area contributed by atoms with Gasteiger partial charge in [-0.2, -0.15) is 13.2 Å². The number of allylic oxidation sites excluding steroid dienone is 2. The van der Waals surface area contributed by atoms with Gasteiger partial charge in [-0.1, -0.05) is 25.1 Å². The summed E-state index contributed by atoms with van der Waals surface area (Å²) >= 11 is 4.49. The van der Waals surface area contributed by atoms with E-state index in [1.807, 2.05) is 44.0 Å². The zero-order valence-electron chi connectivity index (χ0n) is 26.9. The number of amides is 2. The molecule has 0 radical (unpaired) electrons. The molecule has 7 nitrogen and oxygen atoms in total. The molecule has 5 rings (SSSR count). The van der Waals surface area contributed by atoms with Gasteiger partial charge >= 0.3 is 6.18 Å². The van der Waals surface area contributed by atoms with Crippen molar-refractivity contribution >= 4 is 30.1 Å². The molecule has 2 fully saturated rings. The Morgan fingerprint density at radius 3 is 2.52 bits per heavy atom. The Hall–Kier alpha value is -3.28. The Morgan fingerprint density at radius 1 is 1.20 bits per heavy atom. The van der Waals surface area contributed by atoms with Gasteiger partial charge in [-0.15, -0.1) is 12.6 Å². The zero-order chi connectivity index (χ0) is 32.6. The van der Waals surface area contributed by atoms with Gasteiger partial charge in [0.2, 0.25) is 5.91 Å². The second-order valence-corrected chi connectivity index (χ2v) is 13.5. The van der Waals surface area contributed by atoms with Gasteiger partial charge in [0, 0.05) is 42.0 Å².